The molecule has 0 unspecified atom stereocenters. The molecule has 2 amide bonds. The van der Waals surface area contributed by atoms with E-state index in [1.54, 1.807) is 31.3 Å². The Morgan fingerprint density at radius 1 is 1.42 bits per heavy atom. The van der Waals surface area contributed by atoms with Gasteiger partial charge in [-0.1, -0.05) is 19.3 Å². The molecule has 2 aromatic rings. The summed E-state index contributed by atoms with van der Waals surface area (Å²) in [6.07, 6.45) is 9.03. The quantitative estimate of drug-likeness (QED) is 0.785. The zero-order chi connectivity index (χ0) is 17.0. The van der Waals surface area contributed by atoms with Crippen molar-refractivity contribution in [2.75, 3.05) is 11.9 Å². The molecule has 0 saturated heterocycles. The highest BCUT2D eigenvalue weighted by Gasteiger charge is 2.27. The summed E-state index contributed by atoms with van der Waals surface area (Å²) in [5.41, 5.74) is -1.26. The van der Waals surface area contributed by atoms with Gasteiger partial charge in [0.1, 0.15) is 17.2 Å². The molecule has 3 rings (SSSR count). The summed E-state index contributed by atoms with van der Waals surface area (Å²) in [4.78, 5) is 12.2. The number of amides is 2. The molecule has 0 radical (unpaired) electrons. The zero-order valence-corrected chi connectivity index (χ0v) is 13.9. The van der Waals surface area contributed by atoms with Crippen molar-refractivity contribution >= 4 is 11.8 Å². The Morgan fingerprint density at radius 2 is 2.21 bits per heavy atom. The van der Waals surface area contributed by atoms with Crippen LogP contribution in [0.2, 0.25) is 0 Å². The molecule has 7 heteroatoms. The first-order chi connectivity index (χ1) is 11.6. The van der Waals surface area contributed by atoms with Crippen molar-refractivity contribution in [2.45, 2.75) is 50.7 Å². The SMILES string of the molecule is C[C@](O)(CNC(=O)Nc1ccnn1C1CCCCC1)c1ccco1. The molecule has 7 nitrogen and oxygen atoms in total. The maximum Gasteiger partial charge on any atom is 0.320 e. The van der Waals surface area contributed by atoms with Crippen LogP contribution in [0, 0.1) is 0 Å². The van der Waals surface area contributed by atoms with Crippen LogP contribution in [0.4, 0.5) is 10.6 Å². The summed E-state index contributed by atoms with van der Waals surface area (Å²) < 4.78 is 7.09. The van der Waals surface area contributed by atoms with Crippen LogP contribution in [0.25, 0.3) is 0 Å². The second-order valence-electron chi connectivity index (χ2n) is 6.51. The minimum Gasteiger partial charge on any atom is -0.466 e. The number of carbonyl (C=O) groups is 1. The third-order valence-electron chi connectivity index (χ3n) is 4.48. The van der Waals surface area contributed by atoms with E-state index in [0.717, 1.165) is 12.8 Å². The van der Waals surface area contributed by atoms with E-state index < -0.39 is 5.60 Å². The predicted molar refractivity (Wildman–Crippen MR) is 89.6 cm³/mol. The summed E-state index contributed by atoms with van der Waals surface area (Å²) in [5, 5.41) is 20.2. The second kappa shape index (κ2) is 7.09. The normalized spacial score (nSPS) is 18.1. The van der Waals surface area contributed by atoms with E-state index in [2.05, 4.69) is 15.7 Å². The number of aliphatic hydroxyl groups is 1. The monoisotopic (exact) mass is 332 g/mol. The van der Waals surface area contributed by atoms with Crippen molar-refractivity contribution in [3.8, 4) is 0 Å². The number of hydrogen-bond acceptors (Lipinski definition) is 4. The molecule has 0 bridgehead atoms. The second-order valence-corrected chi connectivity index (χ2v) is 6.51. The van der Waals surface area contributed by atoms with Crippen molar-refractivity contribution in [1.82, 2.24) is 15.1 Å². The first-order valence-electron chi connectivity index (χ1n) is 8.41. The highest BCUT2D eigenvalue weighted by Crippen LogP contribution is 2.29. The smallest absolute Gasteiger partial charge is 0.320 e. The van der Waals surface area contributed by atoms with Crippen LogP contribution in [-0.4, -0.2) is 27.5 Å². The third-order valence-corrected chi connectivity index (χ3v) is 4.48. The summed E-state index contributed by atoms with van der Waals surface area (Å²) in [6.45, 7) is 1.64. The molecule has 1 aliphatic rings. The van der Waals surface area contributed by atoms with Crippen LogP contribution < -0.4 is 10.6 Å². The lowest BCUT2D eigenvalue weighted by molar-refractivity contribution is 0.0372. The Morgan fingerprint density at radius 3 is 2.92 bits per heavy atom. The lowest BCUT2D eigenvalue weighted by Gasteiger charge is -2.24. The summed E-state index contributed by atoms with van der Waals surface area (Å²) in [6, 6.07) is 5.14. The largest absolute Gasteiger partial charge is 0.466 e. The van der Waals surface area contributed by atoms with Crippen LogP contribution in [0.3, 0.4) is 0 Å². The molecule has 3 N–H and O–H groups in total. The molecule has 0 aromatic carbocycles. The van der Waals surface area contributed by atoms with Gasteiger partial charge in [-0.05, 0) is 31.9 Å². The number of nitrogens with zero attached hydrogens (tertiary/aromatic N) is 2. The minimum atomic E-state index is -1.26. The number of carbonyl (C=O) groups excluding carboxylic acids is 1. The van der Waals surface area contributed by atoms with Crippen LogP contribution in [0.5, 0.6) is 0 Å². The lowest BCUT2D eigenvalue weighted by atomic mass is 9.96. The average Bonchev–Trinajstić information content (AvgIpc) is 3.26. The van der Waals surface area contributed by atoms with E-state index in [0.29, 0.717) is 17.6 Å². The van der Waals surface area contributed by atoms with Gasteiger partial charge in [0.2, 0.25) is 0 Å². The Hall–Kier alpha value is -2.28. The molecular formula is C17H24N4O3. The average molecular weight is 332 g/mol. The Kier molecular flexibility index (Phi) is 4.89. The summed E-state index contributed by atoms with van der Waals surface area (Å²) in [5.74, 6) is 1.09. The predicted octanol–water partition coefficient (Wildman–Crippen LogP) is 3.01. The third kappa shape index (κ3) is 3.79. The van der Waals surface area contributed by atoms with Gasteiger partial charge in [0.25, 0.3) is 0 Å². The summed E-state index contributed by atoms with van der Waals surface area (Å²) in [7, 11) is 0. The Labute approximate surface area is 141 Å². The fourth-order valence-corrected chi connectivity index (χ4v) is 3.11. The van der Waals surface area contributed by atoms with E-state index in [1.165, 1.54) is 25.5 Å². The van der Waals surface area contributed by atoms with Crippen molar-refractivity contribution in [3.63, 3.8) is 0 Å². The van der Waals surface area contributed by atoms with Gasteiger partial charge in [0, 0.05) is 6.07 Å². The van der Waals surface area contributed by atoms with Crippen molar-refractivity contribution in [1.29, 1.82) is 0 Å². The first kappa shape index (κ1) is 16.6. The van der Waals surface area contributed by atoms with Crippen LogP contribution in [-0.2, 0) is 5.60 Å². The van der Waals surface area contributed by atoms with Gasteiger partial charge in [-0.3, -0.25) is 5.32 Å². The maximum absolute atomic E-state index is 12.2. The standard InChI is InChI=1S/C17H24N4O3/c1-17(23,14-8-5-11-24-14)12-18-16(22)20-15-9-10-19-21(15)13-6-3-2-4-7-13/h5,8-11,13,23H,2-4,6-7,12H2,1H3,(H2,18,20,22)/t17-/m0/s1. The Balaban J connectivity index is 1.57. The molecule has 0 spiro atoms. The maximum atomic E-state index is 12.2. The zero-order valence-electron chi connectivity index (χ0n) is 13.9. The molecule has 1 atom stereocenters. The first-order valence-corrected chi connectivity index (χ1v) is 8.41. The molecule has 24 heavy (non-hydrogen) atoms. The molecule has 0 aliphatic heterocycles. The fourth-order valence-electron chi connectivity index (χ4n) is 3.11. The number of anilines is 1. The van der Waals surface area contributed by atoms with Crippen molar-refractivity contribution in [3.05, 3.63) is 36.4 Å². The lowest BCUT2D eigenvalue weighted by Crippen LogP contribution is -2.40. The molecule has 1 saturated carbocycles. The number of furan rings is 1. The fraction of sp³-hybridized carbons (Fsp3) is 0.529. The van der Waals surface area contributed by atoms with Gasteiger partial charge in [-0.25, -0.2) is 9.48 Å². The van der Waals surface area contributed by atoms with Gasteiger partial charge in [-0.2, -0.15) is 5.10 Å². The van der Waals surface area contributed by atoms with E-state index in [-0.39, 0.29) is 12.6 Å². The molecule has 1 fully saturated rings. The van der Waals surface area contributed by atoms with Gasteiger partial charge < -0.3 is 14.8 Å². The van der Waals surface area contributed by atoms with Gasteiger partial charge in [0.15, 0.2) is 0 Å². The Bertz CT molecular complexity index is 657. The van der Waals surface area contributed by atoms with E-state index in [4.69, 9.17) is 4.42 Å². The number of urea groups is 1. The summed E-state index contributed by atoms with van der Waals surface area (Å²) >= 11 is 0. The van der Waals surface area contributed by atoms with Crippen LogP contribution in [0.1, 0.15) is 50.8 Å². The van der Waals surface area contributed by atoms with Gasteiger partial charge >= 0.3 is 6.03 Å². The molecular weight excluding hydrogens is 308 g/mol. The van der Waals surface area contributed by atoms with E-state index in [1.807, 2.05) is 4.68 Å². The van der Waals surface area contributed by atoms with Crippen LogP contribution >= 0.6 is 0 Å². The molecule has 130 valence electrons. The molecule has 2 heterocycles. The van der Waals surface area contributed by atoms with Crippen LogP contribution in [0.15, 0.2) is 35.1 Å². The highest BCUT2D eigenvalue weighted by atomic mass is 16.4. The number of aromatic nitrogens is 2. The van der Waals surface area contributed by atoms with Gasteiger partial charge in [-0.15, -0.1) is 0 Å². The topological polar surface area (TPSA) is 92.3 Å². The number of hydrogen-bond donors (Lipinski definition) is 3. The number of nitrogens with one attached hydrogen (secondary N) is 2. The van der Waals surface area contributed by atoms with Crippen molar-refractivity contribution in [2.24, 2.45) is 0 Å². The van der Waals surface area contributed by atoms with E-state index >= 15 is 0 Å². The minimum absolute atomic E-state index is 0.0455. The molecule has 1 aliphatic carbocycles. The van der Waals surface area contributed by atoms with E-state index in [9.17, 15) is 9.90 Å². The number of rotatable bonds is 5. The van der Waals surface area contributed by atoms with Gasteiger partial charge in [0.05, 0.1) is 25.0 Å². The highest BCUT2D eigenvalue weighted by molar-refractivity contribution is 5.88. The molecule has 2 aromatic heterocycles. The van der Waals surface area contributed by atoms with Crippen molar-refractivity contribution < 1.29 is 14.3 Å².